The van der Waals surface area contributed by atoms with Crippen molar-refractivity contribution in [2.45, 2.75) is 31.8 Å². The second-order valence-corrected chi connectivity index (χ2v) is 6.24. The van der Waals surface area contributed by atoms with Crippen LogP contribution in [0.1, 0.15) is 25.3 Å². The molecule has 7 heteroatoms. The Morgan fingerprint density at radius 1 is 1.48 bits per heavy atom. The van der Waals surface area contributed by atoms with Crippen molar-refractivity contribution in [3.05, 3.63) is 34.1 Å². The molecule has 1 aromatic carbocycles. The number of amides is 2. The first-order chi connectivity index (χ1) is 9.83. The van der Waals surface area contributed by atoms with Gasteiger partial charge in [0.1, 0.15) is 11.4 Å². The number of benzene rings is 1. The van der Waals surface area contributed by atoms with Crippen molar-refractivity contribution in [3.8, 4) is 0 Å². The van der Waals surface area contributed by atoms with Gasteiger partial charge in [-0.2, -0.15) is 0 Å². The Hall–Kier alpha value is -1.63. The van der Waals surface area contributed by atoms with Crippen LogP contribution in [0.25, 0.3) is 0 Å². The Morgan fingerprint density at radius 3 is 2.67 bits per heavy atom. The van der Waals surface area contributed by atoms with Crippen molar-refractivity contribution in [2.24, 2.45) is 5.92 Å². The molecule has 0 saturated heterocycles. The second-order valence-electron chi connectivity index (χ2n) is 5.33. The quantitative estimate of drug-likeness (QED) is 0.756. The standard InChI is InChI=1S/C14H16BrFN2O3/c1-14(12(19)20,9-3-4-9)18-13(21)17-7-8-2-5-10(15)6-11(8)16/h2,5-6,9H,3-4,7H2,1H3,(H,19,20)(H2,17,18,21). The van der Waals surface area contributed by atoms with E-state index in [1.54, 1.807) is 12.1 Å². The van der Waals surface area contributed by atoms with Gasteiger partial charge in [-0.3, -0.25) is 0 Å². The highest BCUT2D eigenvalue weighted by Gasteiger charge is 2.48. The fourth-order valence-corrected chi connectivity index (χ4v) is 2.44. The van der Waals surface area contributed by atoms with E-state index in [1.165, 1.54) is 13.0 Å². The van der Waals surface area contributed by atoms with Crippen LogP contribution in [0.2, 0.25) is 0 Å². The first-order valence-corrected chi connectivity index (χ1v) is 7.35. The number of carboxylic acids is 1. The van der Waals surface area contributed by atoms with Crippen LogP contribution in [0.4, 0.5) is 9.18 Å². The maximum Gasteiger partial charge on any atom is 0.329 e. The molecular weight excluding hydrogens is 343 g/mol. The van der Waals surface area contributed by atoms with Gasteiger partial charge < -0.3 is 15.7 Å². The number of nitrogens with one attached hydrogen (secondary N) is 2. The van der Waals surface area contributed by atoms with Crippen LogP contribution in [-0.4, -0.2) is 22.6 Å². The Balaban J connectivity index is 1.94. The zero-order valence-electron chi connectivity index (χ0n) is 11.5. The average molecular weight is 359 g/mol. The number of aliphatic carboxylic acids is 1. The van der Waals surface area contributed by atoms with E-state index < -0.39 is 23.4 Å². The van der Waals surface area contributed by atoms with E-state index in [1.807, 2.05) is 0 Å². The molecule has 0 aromatic heterocycles. The fraction of sp³-hybridized carbons (Fsp3) is 0.429. The summed E-state index contributed by atoms with van der Waals surface area (Å²) in [6, 6.07) is 3.91. The summed E-state index contributed by atoms with van der Waals surface area (Å²) < 4.78 is 14.2. The molecule has 1 atom stereocenters. The van der Waals surface area contributed by atoms with E-state index in [4.69, 9.17) is 0 Å². The van der Waals surface area contributed by atoms with Gasteiger partial charge in [-0.15, -0.1) is 0 Å². The van der Waals surface area contributed by atoms with Gasteiger partial charge in [0.2, 0.25) is 0 Å². The van der Waals surface area contributed by atoms with Gasteiger partial charge in [0, 0.05) is 16.6 Å². The largest absolute Gasteiger partial charge is 0.480 e. The summed E-state index contributed by atoms with van der Waals surface area (Å²) in [6.07, 6.45) is 1.56. The monoisotopic (exact) mass is 358 g/mol. The molecule has 0 heterocycles. The normalized spacial score (nSPS) is 16.9. The molecule has 0 spiro atoms. The molecule has 1 aliphatic rings. The lowest BCUT2D eigenvalue weighted by Crippen LogP contribution is -2.56. The van der Waals surface area contributed by atoms with E-state index in [-0.39, 0.29) is 12.5 Å². The van der Waals surface area contributed by atoms with E-state index >= 15 is 0 Å². The van der Waals surface area contributed by atoms with Gasteiger partial charge in [0.15, 0.2) is 0 Å². The maximum atomic E-state index is 13.6. The topological polar surface area (TPSA) is 78.4 Å². The van der Waals surface area contributed by atoms with Crippen LogP contribution in [-0.2, 0) is 11.3 Å². The van der Waals surface area contributed by atoms with E-state index in [0.29, 0.717) is 10.0 Å². The van der Waals surface area contributed by atoms with Gasteiger partial charge >= 0.3 is 12.0 Å². The third kappa shape index (κ3) is 3.72. The maximum absolute atomic E-state index is 13.6. The van der Waals surface area contributed by atoms with Gasteiger partial charge in [0.25, 0.3) is 0 Å². The molecule has 1 aliphatic carbocycles. The summed E-state index contributed by atoms with van der Waals surface area (Å²) >= 11 is 3.15. The first kappa shape index (κ1) is 15.8. The predicted molar refractivity (Wildman–Crippen MR) is 78.2 cm³/mol. The van der Waals surface area contributed by atoms with Crippen molar-refractivity contribution in [2.75, 3.05) is 0 Å². The zero-order valence-corrected chi connectivity index (χ0v) is 13.0. The average Bonchev–Trinajstić information content (AvgIpc) is 3.21. The summed E-state index contributed by atoms with van der Waals surface area (Å²) in [5, 5.41) is 14.2. The summed E-state index contributed by atoms with van der Waals surface area (Å²) in [7, 11) is 0. The molecule has 1 aromatic rings. The van der Waals surface area contributed by atoms with E-state index in [2.05, 4.69) is 26.6 Å². The number of halogens is 2. The predicted octanol–water partition coefficient (Wildman–Crippen LogP) is 2.64. The molecule has 114 valence electrons. The van der Waals surface area contributed by atoms with Gasteiger partial charge in [-0.05, 0) is 37.8 Å². The third-order valence-corrected chi connectivity index (χ3v) is 4.16. The van der Waals surface area contributed by atoms with Crippen LogP contribution in [0.3, 0.4) is 0 Å². The van der Waals surface area contributed by atoms with Crippen LogP contribution < -0.4 is 10.6 Å². The molecule has 2 amide bonds. The summed E-state index contributed by atoms with van der Waals surface area (Å²) in [5.41, 5.74) is -0.945. The van der Waals surface area contributed by atoms with Gasteiger partial charge in [0.05, 0.1) is 0 Å². The lowest BCUT2D eigenvalue weighted by Gasteiger charge is -2.26. The van der Waals surface area contributed by atoms with Crippen molar-refractivity contribution in [1.82, 2.24) is 10.6 Å². The lowest BCUT2D eigenvalue weighted by atomic mass is 9.96. The number of hydrogen-bond acceptors (Lipinski definition) is 2. The Bertz CT molecular complexity index is 577. The molecule has 0 aliphatic heterocycles. The zero-order chi connectivity index (χ0) is 15.6. The number of carbonyl (C=O) groups is 2. The Morgan fingerprint density at radius 2 is 2.14 bits per heavy atom. The first-order valence-electron chi connectivity index (χ1n) is 6.56. The molecule has 1 unspecified atom stereocenters. The number of hydrogen-bond donors (Lipinski definition) is 3. The van der Waals surface area contributed by atoms with Crippen LogP contribution in [0, 0.1) is 11.7 Å². The van der Waals surface area contributed by atoms with Crippen molar-refractivity contribution < 1.29 is 19.1 Å². The highest BCUT2D eigenvalue weighted by molar-refractivity contribution is 9.10. The number of carbonyl (C=O) groups excluding carboxylic acids is 1. The van der Waals surface area contributed by atoms with Crippen LogP contribution in [0.5, 0.6) is 0 Å². The SMILES string of the molecule is CC(NC(=O)NCc1ccc(Br)cc1F)(C(=O)O)C1CC1. The second kappa shape index (κ2) is 6.01. The molecule has 1 saturated carbocycles. The summed E-state index contributed by atoms with van der Waals surface area (Å²) in [6.45, 7) is 1.48. The fourth-order valence-electron chi connectivity index (χ4n) is 2.11. The minimum atomic E-state index is -1.28. The molecule has 2 rings (SSSR count). The Labute approximate surface area is 130 Å². The highest BCUT2D eigenvalue weighted by atomic mass is 79.9. The van der Waals surface area contributed by atoms with Crippen molar-refractivity contribution in [1.29, 1.82) is 0 Å². The summed E-state index contributed by atoms with van der Waals surface area (Å²) in [4.78, 5) is 23.1. The van der Waals surface area contributed by atoms with E-state index in [9.17, 15) is 19.1 Å². The molecule has 21 heavy (non-hydrogen) atoms. The molecule has 0 bridgehead atoms. The summed E-state index contributed by atoms with van der Waals surface area (Å²) in [5.74, 6) is -1.55. The van der Waals surface area contributed by atoms with Gasteiger partial charge in [-0.25, -0.2) is 14.0 Å². The van der Waals surface area contributed by atoms with Crippen LogP contribution in [0.15, 0.2) is 22.7 Å². The molecule has 0 radical (unpaired) electrons. The molecular formula is C14H16BrFN2O3. The smallest absolute Gasteiger partial charge is 0.329 e. The minimum Gasteiger partial charge on any atom is -0.480 e. The number of urea groups is 1. The van der Waals surface area contributed by atoms with Gasteiger partial charge in [-0.1, -0.05) is 22.0 Å². The molecule has 3 N–H and O–H groups in total. The highest BCUT2D eigenvalue weighted by Crippen LogP contribution is 2.39. The van der Waals surface area contributed by atoms with E-state index in [0.717, 1.165) is 12.8 Å². The van der Waals surface area contributed by atoms with Crippen molar-refractivity contribution >= 4 is 27.9 Å². The third-order valence-electron chi connectivity index (χ3n) is 3.67. The van der Waals surface area contributed by atoms with Crippen LogP contribution >= 0.6 is 15.9 Å². The molecule has 1 fully saturated rings. The van der Waals surface area contributed by atoms with Crippen molar-refractivity contribution in [3.63, 3.8) is 0 Å². The minimum absolute atomic E-state index is 0.00862. The number of carboxylic acid groups (broad SMARTS) is 1. The Kier molecular flexibility index (Phi) is 4.51. The molecule has 5 nitrogen and oxygen atoms in total. The lowest BCUT2D eigenvalue weighted by molar-refractivity contribution is -0.144. The number of rotatable bonds is 5.